The number of benzene rings is 1. The van der Waals surface area contributed by atoms with Gasteiger partial charge in [-0.15, -0.1) is 0 Å². The summed E-state index contributed by atoms with van der Waals surface area (Å²) in [4.78, 5) is 20.9. The Kier molecular flexibility index (Phi) is 3.88. The summed E-state index contributed by atoms with van der Waals surface area (Å²) in [6.07, 6.45) is 3.75. The van der Waals surface area contributed by atoms with Gasteiger partial charge in [0.1, 0.15) is 0 Å². The minimum atomic E-state index is 0.290. The molecule has 0 bridgehead atoms. The van der Waals surface area contributed by atoms with Crippen LogP contribution in [0.2, 0.25) is 0 Å². The Balaban J connectivity index is 1.35. The van der Waals surface area contributed by atoms with Gasteiger partial charge < -0.3 is 18.8 Å². The van der Waals surface area contributed by atoms with Gasteiger partial charge in [0.2, 0.25) is 5.82 Å². The van der Waals surface area contributed by atoms with Crippen molar-refractivity contribution in [1.82, 2.24) is 29.1 Å². The molecule has 2 aliphatic rings. The number of hydrogen-bond donors (Lipinski definition) is 0. The number of anilines is 1. The minimum absolute atomic E-state index is 0.290. The number of ether oxygens (including phenoxy) is 1. The van der Waals surface area contributed by atoms with E-state index in [2.05, 4.69) is 31.7 Å². The monoisotopic (exact) mass is 411 g/mol. The van der Waals surface area contributed by atoms with Crippen LogP contribution < -0.4 is 4.90 Å². The zero-order valence-corrected chi connectivity index (χ0v) is 17.4. The molecule has 2 aliphatic heterocycles. The van der Waals surface area contributed by atoms with Crippen LogP contribution in [0.5, 0.6) is 0 Å². The molecule has 4 aromatic rings. The van der Waals surface area contributed by atoms with Crippen molar-refractivity contribution in [1.29, 1.82) is 0 Å². The highest BCUT2D eigenvalue weighted by molar-refractivity contribution is 5.84. The van der Waals surface area contributed by atoms with Gasteiger partial charge in [0, 0.05) is 38.9 Å². The van der Waals surface area contributed by atoms with E-state index in [4.69, 9.17) is 9.72 Å². The SMILES string of the molecule is Cn1cc(-c2ccccc2)nc1C#Cc1nc(N2CC3(COC3)C2)c2ncn(C)c2n1. The third-order valence-corrected chi connectivity index (χ3v) is 5.94. The van der Waals surface area contributed by atoms with Gasteiger partial charge >= 0.3 is 0 Å². The van der Waals surface area contributed by atoms with Crippen molar-refractivity contribution in [2.75, 3.05) is 31.2 Å². The topological polar surface area (TPSA) is 73.9 Å². The summed E-state index contributed by atoms with van der Waals surface area (Å²) >= 11 is 0. The highest BCUT2D eigenvalue weighted by atomic mass is 16.5. The second-order valence-electron chi connectivity index (χ2n) is 8.42. The van der Waals surface area contributed by atoms with Gasteiger partial charge in [0.05, 0.1) is 30.7 Å². The molecule has 2 saturated heterocycles. The van der Waals surface area contributed by atoms with Crippen molar-refractivity contribution >= 4 is 17.0 Å². The van der Waals surface area contributed by atoms with Crippen LogP contribution in [-0.4, -0.2) is 55.4 Å². The van der Waals surface area contributed by atoms with Gasteiger partial charge in [-0.2, -0.15) is 0 Å². The number of fused-ring (bicyclic) bond motifs is 1. The van der Waals surface area contributed by atoms with E-state index in [1.807, 2.05) is 59.8 Å². The Morgan fingerprint density at radius 2 is 1.77 bits per heavy atom. The zero-order chi connectivity index (χ0) is 21.0. The number of hydrogen-bond acceptors (Lipinski definition) is 6. The molecular weight excluding hydrogens is 390 g/mol. The maximum atomic E-state index is 5.40. The number of aryl methyl sites for hydroxylation is 2. The molecule has 0 atom stereocenters. The highest BCUT2D eigenvalue weighted by Gasteiger charge is 2.50. The van der Waals surface area contributed by atoms with Crippen molar-refractivity contribution in [2.24, 2.45) is 19.5 Å². The van der Waals surface area contributed by atoms with E-state index in [0.717, 1.165) is 54.5 Å². The summed E-state index contributed by atoms with van der Waals surface area (Å²) in [5, 5.41) is 0. The van der Waals surface area contributed by atoms with Crippen LogP contribution in [0.3, 0.4) is 0 Å². The van der Waals surface area contributed by atoms with Crippen LogP contribution >= 0.6 is 0 Å². The first-order valence-corrected chi connectivity index (χ1v) is 10.2. The molecule has 0 amide bonds. The normalized spacial score (nSPS) is 16.6. The molecule has 0 aliphatic carbocycles. The Morgan fingerprint density at radius 1 is 0.968 bits per heavy atom. The van der Waals surface area contributed by atoms with Crippen molar-refractivity contribution in [3.8, 4) is 23.1 Å². The van der Waals surface area contributed by atoms with Gasteiger partial charge in [0.25, 0.3) is 0 Å². The number of nitrogens with zero attached hydrogens (tertiary/aromatic N) is 7. The molecule has 8 nitrogen and oxygen atoms in total. The largest absolute Gasteiger partial charge is 0.380 e. The van der Waals surface area contributed by atoms with E-state index >= 15 is 0 Å². The first-order valence-electron chi connectivity index (χ1n) is 10.2. The van der Waals surface area contributed by atoms with Gasteiger partial charge in [-0.25, -0.2) is 19.9 Å². The quantitative estimate of drug-likeness (QED) is 0.470. The number of rotatable bonds is 2. The number of aromatic nitrogens is 6. The predicted molar refractivity (Wildman–Crippen MR) is 116 cm³/mol. The Labute approximate surface area is 179 Å². The summed E-state index contributed by atoms with van der Waals surface area (Å²) in [6.45, 7) is 3.52. The van der Waals surface area contributed by atoms with Crippen LogP contribution in [0.15, 0.2) is 42.9 Å². The van der Waals surface area contributed by atoms with Crippen molar-refractivity contribution < 1.29 is 4.74 Å². The maximum Gasteiger partial charge on any atom is 0.209 e. The fourth-order valence-electron chi connectivity index (χ4n) is 4.20. The Bertz CT molecular complexity index is 1350. The second-order valence-corrected chi connectivity index (χ2v) is 8.42. The minimum Gasteiger partial charge on any atom is -0.380 e. The van der Waals surface area contributed by atoms with E-state index < -0.39 is 0 Å². The predicted octanol–water partition coefficient (Wildman–Crippen LogP) is 2.00. The average Bonchev–Trinajstić information content (AvgIpc) is 3.28. The van der Waals surface area contributed by atoms with Crippen molar-refractivity contribution in [3.05, 3.63) is 54.5 Å². The molecule has 3 aromatic heterocycles. The molecule has 6 rings (SSSR count). The van der Waals surface area contributed by atoms with E-state index in [1.165, 1.54) is 0 Å². The molecule has 1 aromatic carbocycles. The average molecular weight is 411 g/mol. The summed E-state index contributed by atoms with van der Waals surface area (Å²) < 4.78 is 9.23. The van der Waals surface area contributed by atoms with Gasteiger partial charge in [-0.1, -0.05) is 30.3 Å². The van der Waals surface area contributed by atoms with Crippen LogP contribution in [0.1, 0.15) is 11.6 Å². The first-order chi connectivity index (χ1) is 15.1. The molecule has 0 radical (unpaired) electrons. The summed E-state index contributed by atoms with van der Waals surface area (Å²) in [7, 11) is 3.88. The number of imidazole rings is 2. The summed E-state index contributed by atoms with van der Waals surface area (Å²) in [5.41, 5.74) is 3.84. The lowest BCUT2D eigenvalue weighted by atomic mass is 9.78. The lowest BCUT2D eigenvalue weighted by molar-refractivity contribution is -0.127. The van der Waals surface area contributed by atoms with Crippen LogP contribution in [0.25, 0.3) is 22.4 Å². The van der Waals surface area contributed by atoms with Crippen LogP contribution in [-0.2, 0) is 18.8 Å². The molecule has 2 fully saturated rings. The molecule has 5 heterocycles. The zero-order valence-electron chi connectivity index (χ0n) is 17.4. The fourth-order valence-corrected chi connectivity index (χ4v) is 4.20. The van der Waals surface area contributed by atoms with E-state index in [1.54, 1.807) is 6.33 Å². The van der Waals surface area contributed by atoms with Crippen molar-refractivity contribution in [2.45, 2.75) is 0 Å². The molecule has 31 heavy (non-hydrogen) atoms. The van der Waals surface area contributed by atoms with Crippen LogP contribution in [0.4, 0.5) is 5.82 Å². The maximum absolute atomic E-state index is 5.40. The molecule has 1 spiro atoms. The second kappa shape index (κ2) is 6.65. The van der Waals surface area contributed by atoms with Gasteiger partial charge in [0.15, 0.2) is 22.8 Å². The lowest BCUT2D eigenvalue weighted by Gasteiger charge is -2.55. The molecule has 0 unspecified atom stereocenters. The Morgan fingerprint density at radius 3 is 2.52 bits per heavy atom. The molecular formula is C23H21N7O. The molecule has 154 valence electrons. The third-order valence-electron chi connectivity index (χ3n) is 5.94. The highest BCUT2D eigenvalue weighted by Crippen LogP contribution is 2.41. The first kappa shape index (κ1) is 18.1. The molecule has 0 saturated carbocycles. The summed E-state index contributed by atoms with van der Waals surface area (Å²) in [5.74, 6) is 8.25. The summed E-state index contributed by atoms with van der Waals surface area (Å²) in [6, 6.07) is 10.1. The van der Waals surface area contributed by atoms with Crippen LogP contribution in [0, 0.1) is 17.3 Å². The van der Waals surface area contributed by atoms with E-state index in [0.29, 0.717) is 17.1 Å². The van der Waals surface area contributed by atoms with Crippen molar-refractivity contribution in [3.63, 3.8) is 0 Å². The standard InChI is InChI=1S/C23H21N7O/c1-28-10-17(16-6-4-3-5-7-16)25-19(28)9-8-18-26-21-20(24-15-29(21)2)22(27-18)30-11-23(12-30)13-31-14-23/h3-7,10,15H,11-14H2,1-2H3. The van der Waals surface area contributed by atoms with E-state index in [-0.39, 0.29) is 0 Å². The smallest absolute Gasteiger partial charge is 0.209 e. The lowest BCUT2D eigenvalue weighted by Crippen LogP contribution is -2.66. The Hall–Kier alpha value is -3.70. The third kappa shape index (κ3) is 2.97. The van der Waals surface area contributed by atoms with E-state index in [9.17, 15) is 0 Å². The molecule has 8 heteroatoms. The fraction of sp³-hybridized carbons (Fsp3) is 0.304. The molecule has 0 N–H and O–H groups in total. The van der Waals surface area contributed by atoms with Gasteiger partial charge in [-0.05, 0) is 11.8 Å². The van der Waals surface area contributed by atoms with Gasteiger partial charge in [-0.3, -0.25) is 0 Å².